The predicted molar refractivity (Wildman–Crippen MR) is 65.6 cm³/mol. The maximum Gasteiger partial charge on any atom is 0.343 e. The predicted octanol–water partition coefficient (Wildman–Crippen LogP) is 2.08. The van der Waals surface area contributed by atoms with E-state index < -0.39 is 40.0 Å². The van der Waals surface area contributed by atoms with E-state index in [1.165, 1.54) is 0 Å². The first kappa shape index (κ1) is 15.7. The van der Waals surface area contributed by atoms with E-state index in [-0.39, 0.29) is 5.56 Å². The van der Waals surface area contributed by atoms with Gasteiger partial charge in [-0.3, -0.25) is 0 Å². The van der Waals surface area contributed by atoms with Gasteiger partial charge in [0.15, 0.2) is 17.1 Å². The largest absolute Gasteiger partial charge is 0.478 e. The molecule has 0 fully saturated rings. The van der Waals surface area contributed by atoms with Gasteiger partial charge in [-0.05, 0) is 11.5 Å². The summed E-state index contributed by atoms with van der Waals surface area (Å²) in [5.41, 5.74) is -1.92. The van der Waals surface area contributed by atoms with Gasteiger partial charge >= 0.3 is 11.9 Å². The summed E-state index contributed by atoms with van der Waals surface area (Å²) in [6, 6.07) is 1.08. The molecule has 8 nitrogen and oxygen atoms in total. The third kappa shape index (κ3) is 2.65. The highest BCUT2D eigenvalue weighted by Crippen LogP contribution is 2.41. The first-order chi connectivity index (χ1) is 9.15. The molecule has 0 radical (unpaired) electrons. The highest BCUT2D eigenvalue weighted by molar-refractivity contribution is 6.01. The summed E-state index contributed by atoms with van der Waals surface area (Å²) in [5, 5.41) is 35.9. The number of carbonyl (C=O) groups is 2. The van der Waals surface area contributed by atoms with Crippen LogP contribution in [0, 0.1) is 0 Å². The topological polar surface area (TPSA) is 134 Å². The molecule has 0 aliphatic heterocycles. The van der Waals surface area contributed by atoms with Gasteiger partial charge in [0.1, 0.15) is 5.56 Å². The van der Waals surface area contributed by atoms with E-state index in [2.05, 4.69) is 9.78 Å². The maximum absolute atomic E-state index is 11.2. The highest BCUT2D eigenvalue weighted by atomic mass is 17.1. The molecule has 0 saturated heterocycles. The molecule has 110 valence electrons. The zero-order chi connectivity index (χ0) is 15.7. The Balaban J connectivity index is 3.90. The van der Waals surface area contributed by atoms with E-state index in [4.69, 9.17) is 20.7 Å². The van der Waals surface area contributed by atoms with Crippen molar-refractivity contribution in [3.63, 3.8) is 0 Å². The number of aromatic carboxylic acids is 2. The molecule has 0 aromatic heterocycles. The molecule has 0 aliphatic rings. The number of benzene rings is 1. The van der Waals surface area contributed by atoms with Gasteiger partial charge in [0.2, 0.25) is 0 Å². The van der Waals surface area contributed by atoms with E-state index in [0.717, 1.165) is 6.07 Å². The van der Waals surface area contributed by atoms with Crippen LogP contribution >= 0.6 is 0 Å². The lowest BCUT2D eigenvalue weighted by atomic mass is 9.83. The lowest BCUT2D eigenvalue weighted by Gasteiger charge is -2.23. The molecule has 0 saturated carbocycles. The third-order valence-electron chi connectivity index (χ3n) is 2.67. The van der Waals surface area contributed by atoms with Gasteiger partial charge in [-0.2, -0.15) is 0 Å². The zero-order valence-electron chi connectivity index (χ0n) is 11.0. The van der Waals surface area contributed by atoms with Crippen LogP contribution in [0.5, 0.6) is 11.5 Å². The monoisotopic (exact) mass is 286 g/mol. The Bertz CT molecular complexity index is 556. The van der Waals surface area contributed by atoms with Crippen LogP contribution in [0.2, 0.25) is 0 Å². The van der Waals surface area contributed by atoms with Crippen LogP contribution in [-0.2, 0) is 5.41 Å². The van der Waals surface area contributed by atoms with Gasteiger partial charge in [-0.1, -0.05) is 20.8 Å². The van der Waals surface area contributed by atoms with Crippen LogP contribution < -0.4 is 9.78 Å². The Hall–Kier alpha value is -2.32. The fourth-order valence-electron chi connectivity index (χ4n) is 1.75. The molecule has 0 amide bonds. The molecular weight excluding hydrogens is 272 g/mol. The number of carboxylic acids is 2. The highest BCUT2D eigenvalue weighted by Gasteiger charge is 2.33. The third-order valence-corrected chi connectivity index (χ3v) is 2.67. The molecule has 1 aromatic carbocycles. The average Bonchev–Trinajstić information content (AvgIpc) is 2.34. The van der Waals surface area contributed by atoms with Crippen molar-refractivity contribution >= 4 is 11.9 Å². The number of rotatable bonds is 4. The molecule has 0 heterocycles. The molecule has 1 rings (SSSR count). The minimum atomic E-state index is -1.62. The summed E-state index contributed by atoms with van der Waals surface area (Å²) in [4.78, 5) is 30.3. The minimum absolute atomic E-state index is 0.135. The van der Waals surface area contributed by atoms with E-state index in [0.29, 0.717) is 0 Å². The van der Waals surface area contributed by atoms with E-state index in [1.807, 2.05) is 0 Å². The summed E-state index contributed by atoms with van der Waals surface area (Å²) < 4.78 is 0. The second-order valence-electron chi connectivity index (χ2n) is 5.05. The first-order valence-corrected chi connectivity index (χ1v) is 5.46. The molecule has 1 aromatic rings. The second kappa shape index (κ2) is 5.35. The summed E-state index contributed by atoms with van der Waals surface area (Å²) >= 11 is 0. The lowest BCUT2D eigenvalue weighted by molar-refractivity contribution is -0.146. The minimum Gasteiger partial charge on any atom is -0.478 e. The normalized spacial score (nSPS) is 11.1. The van der Waals surface area contributed by atoms with Crippen LogP contribution in [0.15, 0.2) is 6.07 Å². The van der Waals surface area contributed by atoms with Crippen molar-refractivity contribution in [3.05, 3.63) is 22.8 Å². The molecule has 20 heavy (non-hydrogen) atoms. The Labute approximate surface area is 113 Å². The Kier molecular flexibility index (Phi) is 4.21. The van der Waals surface area contributed by atoms with E-state index in [9.17, 15) is 9.59 Å². The average molecular weight is 286 g/mol. The van der Waals surface area contributed by atoms with Crippen molar-refractivity contribution in [2.24, 2.45) is 0 Å². The van der Waals surface area contributed by atoms with Crippen LogP contribution in [0.3, 0.4) is 0 Å². The van der Waals surface area contributed by atoms with Crippen molar-refractivity contribution in [1.29, 1.82) is 0 Å². The van der Waals surface area contributed by atoms with Crippen molar-refractivity contribution < 1.29 is 40.1 Å². The van der Waals surface area contributed by atoms with E-state index >= 15 is 0 Å². The van der Waals surface area contributed by atoms with Crippen molar-refractivity contribution in [1.82, 2.24) is 0 Å². The Morgan fingerprint density at radius 2 is 1.50 bits per heavy atom. The standard InChI is InChI=1S/C12H14O8/c1-12(2,3)6-4-5(10(13)14)8(19-17)7(11(15)16)9(6)20-18/h4,17-18H,1-3H3,(H,13,14)(H,15,16). The maximum atomic E-state index is 11.2. The molecule has 0 spiro atoms. The fraction of sp³-hybridized carbons (Fsp3) is 0.333. The number of hydrogen-bond donors (Lipinski definition) is 4. The fourth-order valence-corrected chi connectivity index (χ4v) is 1.75. The van der Waals surface area contributed by atoms with Crippen molar-refractivity contribution in [3.8, 4) is 11.5 Å². The van der Waals surface area contributed by atoms with Gasteiger partial charge in [0.25, 0.3) is 0 Å². The SMILES string of the molecule is CC(C)(C)c1cc(C(=O)O)c(OO)c(C(=O)O)c1OO. The molecule has 4 N–H and O–H groups in total. The van der Waals surface area contributed by atoms with Crippen molar-refractivity contribution in [2.75, 3.05) is 0 Å². The van der Waals surface area contributed by atoms with Gasteiger partial charge in [-0.25, -0.2) is 20.1 Å². The summed E-state index contributed by atoms with van der Waals surface area (Å²) in [6.07, 6.45) is 0. The van der Waals surface area contributed by atoms with Gasteiger partial charge in [0.05, 0.1) is 0 Å². The lowest BCUT2D eigenvalue weighted by Crippen LogP contribution is -2.18. The van der Waals surface area contributed by atoms with Crippen LogP contribution in [0.25, 0.3) is 0 Å². The molecule has 8 heteroatoms. The summed E-state index contributed by atoms with van der Waals surface area (Å²) in [7, 11) is 0. The summed E-state index contributed by atoms with van der Waals surface area (Å²) in [5.74, 6) is -4.42. The zero-order valence-corrected chi connectivity index (χ0v) is 11.0. The molecule has 0 unspecified atom stereocenters. The molecule has 0 bridgehead atoms. The Morgan fingerprint density at radius 3 is 1.80 bits per heavy atom. The molecule has 0 atom stereocenters. The van der Waals surface area contributed by atoms with Crippen molar-refractivity contribution in [2.45, 2.75) is 26.2 Å². The van der Waals surface area contributed by atoms with Gasteiger partial charge in [0, 0.05) is 5.56 Å². The molecule has 0 aliphatic carbocycles. The van der Waals surface area contributed by atoms with Crippen LogP contribution in [-0.4, -0.2) is 32.7 Å². The summed E-state index contributed by atoms with van der Waals surface area (Å²) in [6.45, 7) is 5.00. The van der Waals surface area contributed by atoms with Gasteiger partial charge in [-0.15, -0.1) is 0 Å². The molecular formula is C12H14O8. The van der Waals surface area contributed by atoms with Gasteiger partial charge < -0.3 is 20.0 Å². The number of hydrogen-bond acceptors (Lipinski definition) is 6. The van der Waals surface area contributed by atoms with Crippen LogP contribution in [0.1, 0.15) is 47.1 Å². The first-order valence-electron chi connectivity index (χ1n) is 5.46. The van der Waals surface area contributed by atoms with E-state index in [1.54, 1.807) is 20.8 Å². The second-order valence-corrected chi connectivity index (χ2v) is 5.05. The smallest absolute Gasteiger partial charge is 0.343 e. The Morgan fingerprint density at radius 1 is 1.00 bits per heavy atom. The van der Waals surface area contributed by atoms with Crippen LogP contribution in [0.4, 0.5) is 0 Å². The quantitative estimate of drug-likeness (QED) is 0.488. The number of carboxylic acid groups (broad SMARTS) is 2.